The van der Waals surface area contributed by atoms with Crippen molar-refractivity contribution < 1.29 is 9.59 Å². The molecule has 2 amide bonds. The van der Waals surface area contributed by atoms with Crippen molar-refractivity contribution >= 4 is 29.0 Å². The number of carbonyl (C=O) groups excluding carboxylic acids is 2. The van der Waals surface area contributed by atoms with Gasteiger partial charge in [0.15, 0.2) is 0 Å². The smallest absolute Gasteiger partial charge is 0.240 e. The maximum atomic E-state index is 11.2. The molecule has 0 bridgehead atoms. The van der Waals surface area contributed by atoms with Gasteiger partial charge in [0.25, 0.3) is 0 Å². The molecule has 1 aromatic carbocycles. The molecule has 94 valence electrons. The van der Waals surface area contributed by atoms with E-state index in [1.54, 1.807) is 4.90 Å². The summed E-state index contributed by atoms with van der Waals surface area (Å²) in [5, 5.41) is 2.27. The van der Waals surface area contributed by atoms with Gasteiger partial charge in [-0.3, -0.25) is 19.8 Å². The van der Waals surface area contributed by atoms with Gasteiger partial charge >= 0.3 is 0 Å². The van der Waals surface area contributed by atoms with Crippen LogP contribution < -0.4 is 11.1 Å². The molecular weight excluding hydrogens is 250 g/mol. The standard InChI is InChI=1S/C12H13N3O2S/c13-12(18)9-3-1-8(2-4-9)5-15-6-10(16)14-11(17)7-15/h1-4H,5-7H2,(H2,13,18)(H,14,16,17). The minimum atomic E-state index is -0.258. The number of nitrogens with one attached hydrogen (secondary N) is 1. The number of rotatable bonds is 3. The lowest BCUT2D eigenvalue weighted by Gasteiger charge is -2.25. The molecule has 0 unspecified atom stereocenters. The van der Waals surface area contributed by atoms with Crippen molar-refractivity contribution in [3.63, 3.8) is 0 Å². The molecular formula is C12H13N3O2S. The summed E-state index contributed by atoms with van der Waals surface area (Å²) >= 11 is 4.87. The topological polar surface area (TPSA) is 75.4 Å². The average molecular weight is 263 g/mol. The molecule has 6 heteroatoms. The number of hydrogen-bond acceptors (Lipinski definition) is 4. The molecule has 0 atom stereocenters. The lowest BCUT2D eigenvalue weighted by Crippen LogP contribution is -2.50. The third-order valence-corrected chi connectivity index (χ3v) is 2.89. The van der Waals surface area contributed by atoms with Crippen LogP contribution in [0.2, 0.25) is 0 Å². The molecule has 1 aliphatic heterocycles. The fraction of sp³-hybridized carbons (Fsp3) is 0.250. The highest BCUT2D eigenvalue weighted by molar-refractivity contribution is 7.80. The van der Waals surface area contributed by atoms with Crippen molar-refractivity contribution in [1.29, 1.82) is 0 Å². The molecule has 1 aromatic rings. The summed E-state index contributed by atoms with van der Waals surface area (Å²) in [4.78, 5) is 24.6. The molecule has 0 radical (unpaired) electrons. The number of thiocarbonyl (C=S) groups is 1. The fourth-order valence-corrected chi connectivity index (χ4v) is 1.98. The lowest BCUT2D eigenvalue weighted by atomic mass is 10.1. The maximum absolute atomic E-state index is 11.2. The van der Waals surface area contributed by atoms with E-state index in [1.165, 1.54) is 0 Å². The zero-order valence-corrected chi connectivity index (χ0v) is 10.5. The van der Waals surface area contributed by atoms with E-state index in [2.05, 4.69) is 5.32 Å². The second kappa shape index (κ2) is 5.24. The van der Waals surface area contributed by atoms with Crippen LogP contribution in [0.1, 0.15) is 11.1 Å². The van der Waals surface area contributed by atoms with Gasteiger partial charge in [0.1, 0.15) is 4.99 Å². The molecule has 18 heavy (non-hydrogen) atoms. The highest BCUT2D eigenvalue weighted by atomic mass is 32.1. The number of piperazine rings is 1. The predicted octanol–water partition coefficient (Wildman–Crippen LogP) is -0.221. The molecule has 5 nitrogen and oxygen atoms in total. The summed E-state index contributed by atoms with van der Waals surface area (Å²) in [6, 6.07) is 7.46. The van der Waals surface area contributed by atoms with Crippen LogP contribution in [0, 0.1) is 0 Å². The van der Waals surface area contributed by atoms with Crippen molar-refractivity contribution in [2.45, 2.75) is 6.54 Å². The Labute approximate surface area is 110 Å². The first-order valence-corrected chi connectivity index (χ1v) is 5.89. The van der Waals surface area contributed by atoms with Crippen molar-refractivity contribution in [3.8, 4) is 0 Å². The van der Waals surface area contributed by atoms with Crippen molar-refractivity contribution in [1.82, 2.24) is 10.2 Å². The number of imide groups is 1. The largest absolute Gasteiger partial charge is 0.389 e. The SMILES string of the molecule is NC(=S)c1ccc(CN2CC(=O)NC(=O)C2)cc1. The van der Waals surface area contributed by atoms with E-state index >= 15 is 0 Å². The van der Waals surface area contributed by atoms with E-state index in [1.807, 2.05) is 24.3 Å². The van der Waals surface area contributed by atoms with Crippen molar-refractivity contribution in [2.75, 3.05) is 13.1 Å². The van der Waals surface area contributed by atoms with E-state index in [9.17, 15) is 9.59 Å². The van der Waals surface area contributed by atoms with E-state index < -0.39 is 0 Å². The number of nitrogens with zero attached hydrogens (tertiary/aromatic N) is 1. The van der Waals surface area contributed by atoms with E-state index in [0.717, 1.165) is 11.1 Å². The molecule has 0 aromatic heterocycles. The Balaban J connectivity index is 2.02. The highest BCUT2D eigenvalue weighted by Gasteiger charge is 2.22. The summed E-state index contributed by atoms with van der Waals surface area (Å²) < 4.78 is 0. The maximum Gasteiger partial charge on any atom is 0.240 e. The van der Waals surface area contributed by atoms with Crippen LogP contribution in [0.4, 0.5) is 0 Å². The lowest BCUT2D eigenvalue weighted by molar-refractivity contribution is -0.136. The molecule has 1 fully saturated rings. The highest BCUT2D eigenvalue weighted by Crippen LogP contribution is 2.08. The van der Waals surface area contributed by atoms with Gasteiger partial charge in [-0.25, -0.2) is 0 Å². The molecule has 0 saturated carbocycles. The summed E-state index contributed by atoms with van der Waals surface area (Å²) in [6.07, 6.45) is 0. The fourth-order valence-electron chi connectivity index (χ4n) is 1.84. The second-order valence-corrected chi connectivity index (χ2v) is 4.62. The Kier molecular flexibility index (Phi) is 3.69. The van der Waals surface area contributed by atoms with Gasteiger partial charge < -0.3 is 5.73 Å². The average Bonchev–Trinajstić information content (AvgIpc) is 2.28. The minimum absolute atomic E-state index is 0.239. The summed E-state index contributed by atoms with van der Waals surface area (Å²) in [5.41, 5.74) is 7.33. The van der Waals surface area contributed by atoms with Crippen molar-refractivity contribution in [3.05, 3.63) is 35.4 Å². The van der Waals surface area contributed by atoms with Gasteiger partial charge in [-0.1, -0.05) is 36.5 Å². The molecule has 1 heterocycles. The van der Waals surface area contributed by atoms with Crippen LogP contribution >= 0.6 is 12.2 Å². The Morgan fingerprint density at radius 3 is 2.28 bits per heavy atom. The molecule has 2 rings (SSSR count). The van der Waals surface area contributed by atoms with E-state index in [0.29, 0.717) is 11.5 Å². The normalized spacial score (nSPS) is 16.4. The van der Waals surface area contributed by atoms with Crippen molar-refractivity contribution in [2.24, 2.45) is 5.73 Å². The zero-order valence-electron chi connectivity index (χ0n) is 9.68. The van der Waals surface area contributed by atoms with Gasteiger partial charge in [-0.05, 0) is 5.56 Å². The minimum Gasteiger partial charge on any atom is -0.389 e. The van der Waals surface area contributed by atoms with Crippen LogP contribution in [-0.4, -0.2) is 34.8 Å². The molecule has 1 aliphatic rings. The summed E-state index contributed by atoms with van der Waals surface area (Å²) in [5.74, 6) is -0.517. The first kappa shape index (κ1) is 12.7. The molecule has 0 spiro atoms. The zero-order chi connectivity index (χ0) is 13.1. The first-order chi connectivity index (χ1) is 8.54. The Morgan fingerprint density at radius 2 is 1.78 bits per heavy atom. The van der Waals surface area contributed by atoms with Crippen LogP contribution in [-0.2, 0) is 16.1 Å². The number of carbonyl (C=O) groups is 2. The van der Waals surface area contributed by atoms with Gasteiger partial charge in [0.2, 0.25) is 11.8 Å². The Bertz CT molecular complexity index is 483. The second-order valence-electron chi connectivity index (χ2n) is 4.18. The molecule has 3 N–H and O–H groups in total. The predicted molar refractivity (Wildman–Crippen MR) is 70.8 cm³/mol. The monoisotopic (exact) mass is 263 g/mol. The number of amides is 2. The van der Waals surface area contributed by atoms with Crippen LogP contribution in [0.15, 0.2) is 24.3 Å². The summed E-state index contributed by atoms with van der Waals surface area (Å²) in [6.45, 7) is 1.03. The van der Waals surface area contributed by atoms with Gasteiger partial charge in [0.05, 0.1) is 13.1 Å². The first-order valence-electron chi connectivity index (χ1n) is 5.48. The number of nitrogens with two attached hydrogens (primary N) is 1. The Morgan fingerprint density at radius 1 is 1.22 bits per heavy atom. The number of benzene rings is 1. The third kappa shape index (κ3) is 3.12. The Hall–Kier alpha value is -1.79. The van der Waals surface area contributed by atoms with Crippen LogP contribution in [0.5, 0.6) is 0 Å². The quantitative estimate of drug-likeness (QED) is 0.582. The molecule has 1 saturated heterocycles. The van der Waals surface area contributed by atoms with E-state index in [4.69, 9.17) is 18.0 Å². The van der Waals surface area contributed by atoms with Crippen LogP contribution in [0.3, 0.4) is 0 Å². The van der Waals surface area contributed by atoms with Gasteiger partial charge in [-0.15, -0.1) is 0 Å². The molecule has 0 aliphatic carbocycles. The van der Waals surface area contributed by atoms with E-state index in [-0.39, 0.29) is 24.9 Å². The summed E-state index contributed by atoms with van der Waals surface area (Å²) in [7, 11) is 0. The third-order valence-electron chi connectivity index (χ3n) is 2.66. The van der Waals surface area contributed by atoms with Crippen LogP contribution in [0.25, 0.3) is 0 Å². The van der Waals surface area contributed by atoms with Gasteiger partial charge in [0, 0.05) is 12.1 Å². The number of hydrogen-bond donors (Lipinski definition) is 2. The van der Waals surface area contributed by atoms with Gasteiger partial charge in [-0.2, -0.15) is 0 Å².